The van der Waals surface area contributed by atoms with Gasteiger partial charge in [-0.15, -0.1) is 0 Å². The summed E-state index contributed by atoms with van der Waals surface area (Å²) in [6.07, 6.45) is 1.52. The third-order valence-electron chi connectivity index (χ3n) is 3.06. The number of aryl methyl sites for hydroxylation is 1. The summed E-state index contributed by atoms with van der Waals surface area (Å²) >= 11 is 0. The molecular formula is C18H15NO6. The van der Waals surface area contributed by atoms with E-state index in [0.29, 0.717) is 11.8 Å². The quantitative estimate of drug-likeness (QED) is 0.437. The van der Waals surface area contributed by atoms with Gasteiger partial charge in [0.25, 0.3) is 0 Å². The number of phenolic OH excluding ortho intramolecular Hbond substituents is 1. The molecule has 0 aromatic heterocycles. The van der Waals surface area contributed by atoms with Crippen molar-refractivity contribution in [1.82, 2.24) is 0 Å². The van der Waals surface area contributed by atoms with Crippen LogP contribution in [0.3, 0.4) is 0 Å². The Bertz CT molecular complexity index is 856. The van der Waals surface area contributed by atoms with Crippen LogP contribution in [0.1, 0.15) is 15.9 Å². The van der Waals surface area contributed by atoms with Gasteiger partial charge < -0.3 is 20.3 Å². The molecule has 0 aliphatic rings. The molecule has 0 saturated heterocycles. The molecule has 3 N–H and O–H groups in total. The van der Waals surface area contributed by atoms with Crippen molar-refractivity contribution in [2.45, 2.75) is 6.92 Å². The second kappa shape index (κ2) is 7.78. The summed E-state index contributed by atoms with van der Waals surface area (Å²) in [6, 6.07) is 10.7. The Morgan fingerprint density at radius 1 is 1.08 bits per heavy atom. The fraction of sp³-hybridized carbons (Fsp3) is 0.0556. The molecule has 2 aromatic carbocycles. The number of ether oxygens (including phenoxy) is 1. The number of anilines is 1. The number of carbonyl (C=O) groups excluding carboxylic acids is 2. The summed E-state index contributed by atoms with van der Waals surface area (Å²) in [5.74, 6) is -2.71. The van der Waals surface area contributed by atoms with Gasteiger partial charge in [-0.25, -0.2) is 9.59 Å². The highest BCUT2D eigenvalue weighted by atomic mass is 16.5. The lowest BCUT2D eigenvalue weighted by molar-refractivity contribution is -0.131. The Balaban J connectivity index is 2.09. The number of hydrogen-bond acceptors (Lipinski definition) is 5. The lowest BCUT2D eigenvalue weighted by Gasteiger charge is -2.08. The summed E-state index contributed by atoms with van der Waals surface area (Å²) in [7, 11) is 0. The van der Waals surface area contributed by atoms with Gasteiger partial charge in [0.1, 0.15) is 17.1 Å². The first-order valence-corrected chi connectivity index (χ1v) is 7.19. The van der Waals surface area contributed by atoms with Crippen molar-refractivity contribution in [3.8, 4) is 11.5 Å². The highest BCUT2D eigenvalue weighted by Crippen LogP contribution is 2.24. The molecule has 0 heterocycles. The molecule has 0 aliphatic carbocycles. The van der Waals surface area contributed by atoms with E-state index in [0.717, 1.165) is 11.6 Å². The maximum atomic E-state index is 12.1. The van der Waals surface area contributed by atoms with E-state index in [1.54, 1.807) is 18.2 Å². The van der Waals surface area contributed by atoms with Gasteiger partial charge in [-0.2, -0.15) is 0 Å². The summed E-state index contributed by atoms with van der Waals surface area (Å²) in [6.45, 7) is 1.85. The largest absolute Gasteiger partial charge is 0.507 e. The maximum absolute atomic E-state index is 12.1. The monoisotopic (exact) mass is 341 g/mol. The molecule has 2 rings (SSSR count). The number of amides is 1. The fourth-order valence-electron chi connectivity index (χ4n) is 1.95. The third kappa shape index (κ3) is 5.21. The summed E-state index contributed by atoms with van der Waals surface area (Å²) < 4.78 is 5.19. The first-order chi connectivity index (χ1) is 11.8. The maximum Gasteiger partial charge on any atom is 0.347 e. The van der Waals surface area contributed by atoms with Crippen LogP contribution in [0.4, 0.5) is 5.69 Å². The molecule has 0 atom stereocenters. The average Bonchev–Trinajstić information content (AvgIpc) is 2.53. The molecule has 25 heavy (non-hydrogen) atoms. The number of aliphatic carboxylic acids is 1. The van der Waals surface area contributed by atoms with Crippen molar-refractivity contribution in [2.75, 3.05) is 5.32 Å². The van der Waals surface area contributed by atoms with Crippen molar-refractivity contribution in [1.29, 1.82) is 0 Å². The van der Waals surface area contributed by atoms with E-state index in [9.17, 15) is 19.5 Å². The number of rotatable bonds is 5. The Kier molecular flexibility index (Phi) is 5.52. The highest BCUT2D eigenvalue weighted by Gasteiger charge is 2.14. The van der Waals surface area contributed by atoms with Gasteiger partial charge in [0.15, 0.2) is 0 Å². The Morgan fingerprint density at radius 3 is 2.48 bits per heavy atom. The number of carbonyl (C=O) groups is 3. The predicted molar refractivity (Wildman–Crippen MR) is 89.6 cm³/mol. The van der Waals surface area contributed by atoms with Gasteiger partial charge >= 0.3 is 11.9 Å². The molecule has 0 spiro atoms. The van der Waals surface area contributed by atoms with Crippen LogP contribution in [0.15, 0.2) is 54.6 Å². The Hall–Kier alpha value is -3.61. The Labute approximate surface area is 143 Å². The molecule has 7 nitrogen and oxygen atoms in total. The van der Waals surface area contributed by atoms with Crippen molar-refractivity contribution < 1.29 is 29.3 Å². The first kappa shape index (κ1) is 17.7. The van der Waals surface area contributed by atoms with E-state index in [1.165, 1.54) is 18.2 Å². The molecule has 0 saturated carbocycles. The molecule has 0 unspecified atom stereocenters. The van der Waals surface area contributed by atoms with Crippen LogP contribution < -0.4 is 10.1 Å². The fourth-order valence-corrected chi connectivity index (χ4v) is 1.95. The number of esters is 1. The predicted octanol–water partition coefficient (Wildman–Crippen LogP) is 2.50. The number of carboxylic acids is 1. The van der Waals surface area contributed by atoms with Gasteiger partial charge in [-0.05, 0) is 36.8 Å². The summed E-state index contributed by atoms with van der Waals surface area (Å²) in [5.41, 5.74) is 1.05. The van der Waals surface area contributed by atoms with Crippen LogP contribution in [-0.2, 0) is 9.59 Å². The van der Waals surface area contributed by atoms with Crippen LogP contribution in [0.5, 0.6) is 11.5 Å². The van der Waals surface area contributed by atoms with E-state index in [1.807, 2.05) is 13.0 Å². The highest BCUT2D eigenvalue weighted by molar-refractivity contribution is 6.03. The minimum Gasteiger partial charge on any atom is -0.507 e. The summed E-state index contributed by atoms with van der Waals surface area (Å²) in [5, 5.41) is 20.8. The number of phenols is 1. The van der Waals surface area contributed by atoms with Crippen molar-refractivity contribution in [3.63, 3.8) is 0 Å². The van der Waals surface area contributed by atoms with Gasteiger partial charge in [0, 0.05) is 23.9 Å². The molecular weight excluding hydrogens is 326 g/mol. The number of nitrogens with one attached hydrogen (secondary N) is 1. The smallest absolute Gasteiger partial charge is 0.347 e. The van der Waals surface area contributed by atoms with E-state index in [2.05, 4.69) is 5.32 Å². The Morgan fingerprint density at radius 2 is 1.84 bits per heavy atom. The molecule has 7 heteroatoms. The zero-order valence-corrected chi connectivity index (χ0v) is 13.2. The topological polar surface area (TPSA) is 113 Å². The van der Waals surface area contributed by atoms with Crippen LogP contribution in [0, 0.1) is 6.92 Å². The number of carboxylic acid groups (broad SMARTS) is 1. The first-order valence-electron chi connectivity index (χ1n) is 7.19. The van der Waals surface area contributed by atoms with E-state index in [-0.39, 0.29) is 17.0 Å². The zero-order valence-electron chi connectivity index (χ0n) is 13.2. The SMILES string of the molecule is Cc1cccc(OC(=O)c2ccc(NC(=O)/C=C\C(=O)O)cc2O)c1. The minimum absolute atomic E-state index is 0.0689. The normalized spacial score (nSPS) is 10.4. The molecule has 0 bridgehead atoms. The van der Waals surface area contributed by atoms with E-state index < -0.39 is 17.8 Å². The second-order valence-corrected chi connectivity index (χ2v) is 5.10. The zero-order chi connectivity index (χ0) is 18.4. The van der Waals surface area contributed by atoms with Crippen LogP contribution in [-0.4, -0.2) is 28.1 Å². The number of benzene rings is 2. The molecule has 0 aliphatic heterocycles. The van der Waals surface area contributed by atoms with Crippen molar-refractivity contribution in [2.24, 2.45) is 0 Å². The number of hydrogen-bond donors (Lipinski definition) is 3. The van der Waals surface area contributed by atoms with Gasteiger partial charge in [-0.1, -0.05) is 12.1 Å². The standard InChI is InChI=1S/C18H15NO6/c1-11-3-2-4-13(9-11)25-18(24)14-6-5-12(10-15(14)20)19-16(21)7-8-17(22)23/h2-10,20H,1H3,(H,19,21)(H,22,23)/b8-7-. The molecule has 0 fully saturated rings. The van der Waals surface area contributed by atoms with E-state index in [4.69, 9.17) is 9.84 Å². The minimum atomic E-state index is -1.26. The molecule has 2 aromatic rings. The molecule has 128 valence electrons. The summed E-state index contributed by atoms with van der Waals surface area (Å²) in [4.78, 5) is 33.9. The van der Waals surface area contributed by atoms with E-state index >= 15 is 0 Å². The van der Waals surface area contributed by atoms with Gasteiger partial charge in [0.05, 0.1) is 0 Å². The third-order valence-corrected chi connectivity index (χ3v) is 3.06. The van der Waals surface area contributed by atoms with Crippen molar-refractivity contribution >= 4 is 23.5 Å². The van der Waals surface area contributed by atoms with Crippen molar-refractivity contribution in [3.05, 3.63) is 65.7 Å². The lowest BCUT2D eigenvalue weighted by atomic mass is 10.1. The van der Waals surface area contributed by atoms with Gasteiger partial charge in [0.2, 0.25) is 5.91 Å². The van der Waals surface area contributed by atoms with Gasteiger partial charge in [-0.3, -0.25) is 4.79 Å². The van der Waals surface area contributed by atoms with Crippen LogP contribution in [0.2, 0.25) is 0 Å². The second-order valence-electron chi connectivity index (χ2n) is 5.10. The average molecular weight is 341 g/mol. The van der Waals surface area contributed by atoms with Crippen LogP contribution in [0.25, 0.3) is 0 Å². The molecule has 0 radical (unpaired) electrons. The number of aromatic hydroxyl groups is 1. The van der Waals surface area contributed by atoms with Crippen LogP contribution >= 0.6 is 0 Å². The molecule has 1 amide bonds. The lowest BCUT2D eigenvalue weighted by Crippen LogP contribution is -2.11.